The van der Waals surface area contributed by atoms with Crippen LogP contribution in [-0.4, -0.2) is 29.6 Å². The molecule has 3 N–H and O–H groups in total. The normalized spacial score (nSPS) is 22.9. The summed E-state index contributed by atoms with van der Waals surface area (Å²) in [5.74, 6) is 1.10. The molecule has 1 aromatic carbocycles. The molecule has 1 heterocycles. The maximum atomic E-state index is 9.56. The van der Waals surface area contributed by atoms with Crippen molar-refractivity contribution in [2.24, 2.45) is 11.7 Å². The van der Waals surface area contributed by atoms with Crippen LogP contribution in [0.4, 0.5) is 0 Å². The van der Waals surface area contributed by atoms with E-state index < -0.39 is 0 Å². The molecule has 0 spiro atoms. The summed E-state index contributed by atoms with van der Waals surface area (Å²) >= 11 is 0. The number of nitrogens with zero attached hydrogens (tertiary/aromatic N) is 1. The van der Waals surface area contributed by atoms with Gasteiger partial charge in [-0.3, -0.25) is 4.90 Å². The Bertz CT molecular complexity index is 379. The van der Waals surface area contributed by atoms with Gasteiger partial charge in [-0.1, -0.05) is 12.1 Å². The lowest BCUT2D eigenvalue weighted by Gasteiger charge is -2.37. The number of aromatic hydroxyl groups is 1. The molecule has 2 atom stereocenters. The number of rotatable bonds is 4. The Balaban J connectivity index is 2.02. The highest BCUT2D eigenvalue weighted by Crippen LogP contribution is 2.28. The van der Waals surface area contributed by atoms with E-state index in [-0.39, 0.29) is 0 Å². The molecule has 1 saturated heterocycles. The second-order valence-corrected chi connectivity index (χ2v) is 5.35. The molecule has 0 amide bonds. The monoisotopic (exact) mass is 248 g/mol. The molecule has 100 valence electrons. The second kappa shape index (κ2) is 6.21. The topological polar surface area (TPSA) is 49.5 Å². The minimum atomic E-state index is 0.356. The lowest BCUT2D eigenvalue weighted by molar-refractivity contribution is 0.128. The summed E-state index contributed by atoms with van der Waals surface area (Å²) in [6.45, 7) is 5.30. The number of hydrogen-bond donors (Lipinski definition) is 2. The molecule has 1 aliphatic heterocycles. The molecule has 3 heteroatoms. The zero-order chi connectivity index (χ0) is 13.0. The van der Waals surface area contributed by atoms with Crippen LogP contribution in [0.15, 0.2) is 24.3 Å². The van der Waals surface area contributed by atoms with E-state index in [1.54, 1.807) is 6.07 Å². The van der Waals surface area contributed by atoms with Crippen LogP contribution in [0.25, 0.3) is 0 Å². The van der Waals surface area contributed by atoms with Crippen molar-refractivity contribution in [3.05, 3.63) is 29.8 Å². The van der Waals surface area contributed by atoms with E-state index in [0.29, 0.717) is 11.8 Å². The Hall–Kier alpha value is -1.06. The number of phenolic OH excluding ortho intramolecular Hbond substituents is 1. The number of phenols is 1. The number of nitrogens with two attached hydrogens (primary N) is 1. The molecule has 0 radical (unpaired) electrons. The van der Waals surface area contributed by atoms with Gasteiger partial charge in [0.2, 0.25) is 0 Å². The van der Waals surface area contributed by atoms with Crippen LogP contribution < -0.4 is 5.73 Å². The molecule has 0 aliphatic carbocycles. The lowest BCUT2D eigenvalue weighted by Crippen LogP contribution is -2.37. The lowest BCUT2D eigenvalue weighted by atomic mass is 9.93. The molecular formula is C15H24N2O. The minimum absolute atomic E-state index is 0.356. The van der Waals surface area contributed by atoms with Gasteiger partial charge < -0.3 is 10.8 Å². The molecule has 0 saturated carbocycles. The van der Waals surface area contributed by atoms with E-state index in [9.17, 15) is 5.11 Å². The van der Waals surface area contributed by atoms with Crippen LogP contribution in [-0.2, 0) is 0 Å². The average molecular weight is 248 g/mol. The third-order valence-electron chi connectivity index (χ3n) is 4.03. The molecular weight excluding hydrogens is 224 g/mol. The van der Waals surface area contributed by atoms with E-state index in [1.807, 2.05) is 12.1 Å². The van der Waals surface area contributed by atoms with Crippen LogP contribution in [0, 0.1) is 5.92 Å². The minimum Gasteiger partial charge on any atom is -0.508 e. The van der Waals surface area contributed by atoms with Crippen LogP contribution in [0.2, 0.25) is 0 Å². The van der Waals surface area contributed by atoms with E-state index in [0.717, 1.165) is 32.0 Å². The SMILES string of the molecule is CC(c1cccc(O)c1)N1CCCC(CCN)C1. The predicted molar refractivity (Wildman–Crippen MR) is 74.5 cm³/mol. The molecule has 0 aromatic heterocycles. The van der Waals surface area contributed by atoms with Crippen molar-refractivity contribution in [3.8, 4) is 5.75 Å². The predicted octanol–water partition coefficient (Wildman–Crippen LogP) is 2.51. The van der Waals surface area contributed by atoms with Gasteiger partial charge in [-0.2, -0.15) is 0 Å². The third-order valence-corrected chi connectivity index (χ3v) is 4.03. The fraction of sp³-hybridized carbons (Fsp3) is 0.600. The van der Waals surface area contributed by atoms with Crippen LogP contribution >= 0.6 is 0 Å². The second-order valence-electron chi connectivity index (χ2n) is 5.35. The van der Waals surface area contributed by atoms with Gasteiger partial charge >= 0.3 is 0 Å². The van der Waals surface area contributed by atoms with Gasteiger partial charge in [0.25, 0.3) is 0 Å². The number of hydrogen-bond acceptors (Lipinski definition) is 3. The van der Waals surface area contributed by atoms with Gasteiger partial charge in [0, 0.05) is 12.6 Å². The molecule has 1 aliphatic rings. The summed E-state index contributed by atoms with van der Waals surface area (Å²) < 4.78 is 0. The van der Waals surface area contributed by atoms with E-state index in [1.165, 1.54) is 18.4 Å². The van der Waals surface area contributed by atoms with Crippen LogP contribution in [0.1, 0.15) is 37.8 Å². The van der Waals surface area contributed by atoms with Gasteiger partial charge in [-0.05, 0) is 62.9 Å². The third kappa shape index (κ3) is 3.24. The summed E-state index contributed by atoms with van der Waals surface area (Å²) in [6, 6.07) is 7.98. The van der Waals surface area contributed by atoms with Crippen molar-refractivity contribution in [1.82, 2.24) is 4.90 Å². The van der Waals surface area contributed by atoms with Gasteiger partial charge in [0.1, 0.15) is 5.75 Å². The summed E-state index contributed by atoms with van der Waals surface area (Å²) in [4.78, 5) is 2.51. The maximum absolute atomic E-state index is 9.56. The highest BCUT2D eigenvalue weighted by molar-refractivity contribution is 5.29. The first-order valence-electron chi connectivity index (χ1n) is 6.93. The molecule has 2 rings (SSSR count). The molecule has 2 unspecified atom stereocenters. The Morgan fingerprint density at radius 3 is 3.06 bits per heavy atom. The van der Waals surface area contributed by atoms with Gasteiger partial charge in [-0.15, -0.1) is 0 Å². The zero-order valence-corrected chi connectivity index (χ0v) is 11.2. The number of likely N-dealkylation sites (tertiary alicyclic amines) is 1. The molecule has 1 fully saturated rings. The number of benzene rings is 1. The fourth-order valence-corrected chi connectivity index (χ4v) is 2.92. The van der Waals surface area contributed by atoms with Crippen molar-refractivity contribution in [2.75, 3.05) is 19.6 Å². The van der Waals surface area contributed by atoms with Crippen molar-refractivity contribution >= 4 is 0 Å². The Kier molecular flexibility index (Phi) is 4.61. The van der Waals surface area contributed by atoms with Gasteiger partial charge in [0.15, 0.2) is 0 Å². The first kappa shape index (κ1) is 13.4. The van der Waals surface area contributed by atoms with E-state index in [2.05, 4.69) is 17.9 Å². The van der Waals surface area contributed by atoms with Gasteiger partial charge in [0.05, 0.1) is 0 Å². The van der Waals surface area contributed by atoms with E-state index in [4.69, 9.17) is 5.73 Å². The smallest absolute Gasteiger partial charge is 0.115 e. The quantitative estimate of drug-likeness (QED) is 0.861. The molecule has 0 bridgehead atoms. The zero-order valence-electron chi connectivity index (χ0n) is 11.2. The fourth-order valence-electron chi connectivity index (χ4n) is 2.92. The van der Waals surface area contributed by atoms with Crippen molar-refractivity contribution < 1.29 is 5.11 Å². The molecule has 3 nitrogen and oxygen atoms in total. The standard InChI is InChI=1S/C15H24N2O/c1-12(14-5-2-6-15(18)10-14)17-9-3-4-13(11-17)7-8-16/h2,5-6,10,12-13,18H,3-4,7-9,11,16H2,1H3. The van der Waals surface area contributed by atoms with Crippen LogP contribution in [0.3, 0.4) is 0 Å². The highest BCUT2D eigenvalue weighted by atomic mass is 16.3. The average Bonchev–Trinajstić information content (AvgIpc) is 2.39. The summed E-state index contributed by atoms with van der Waals surface area (Å²) in [6.07, 6.45) is 3.69. The Labute approximate surface area is 110 Å². The highest BCUT2D eigenvalue weighted by Gasteiger charge is 2.23. The number of piperidine rings is 1. The van der Waals surface area contributed by atoms with Gasteiger partial charge in [-0.25, -0.2) is 0 Å². The Morgan fingerprint density at radius 2 is 2.33 bits per heavy atom. The van der Waals surface area contributed by atoms with Crippen LogP contribution in [0.5, 0.6) is 5.75 Å². The van der Waals surface area contributed by atoms with E-state index >= 15 is 0 Å². The largest absolute Gasteiger partial charge is 0.508 e. The molecule has 1 aromatic rings. The maximum Gasteiger partial charge on any atom is 0.115 e. The summed E-state index contributed by atoms with van der Waals surface area (Å²) in [7, 11) is 0. The first-order valence-corrected chi connectivity index (χ1v) is 6.93. The van der Waals surface area contributed by atoms with Crippen molar-refractivity contribution in [3.63, 3.8) is 0 Å². The first-order chi connectivity index (χ1) is 8.70. The molecule has 18 heavy (non-hydrogen) atoms. The Morgan fingerprint density at radius 1 is 1.50 bits per heavy atom. The summed E-state index contributed by atoms with van der Waals surface area (Å²) in [5, 5.41) is 9.56. The van der Waals surface area contributed by atoms with Crippen molar-refractivity contribution in [1.29, 1.82) is 0 Å². The van der Waals surface area contributed by atoms with Crippen molar-refractivity contribution in [2.45, 2.75) is 32.2 Å². The summed E-state index contributed by atoms with van der Waals surface area (Å²) in [5.41, 5.74) is 6.86.